The van der Waals surface area contributed by atoms with Crippen molar-refractivity contribution in [1.82, 2.24) is 0 Å². The minimum atomic E-state index is -6.79. The molecule has 0 aromatic carbocycles. The first-order chi connectivity index (χ1) is 9.87. The van der Waals surface area contributed by atoms with Crippen molar-refractivity contribution >= 4 is 23.2 Å². The second kappa shape index (κ2) is 6.14. The molecule has 2 atom stereocenters. The Morgan fingerprint density at radius 3 is 1.48 bits per heavy atom. The van der Waals surface area contributed by atoms with E-state index in [4.69, 9.17) is 0 Å². The number of rotatable bonds is 7. The van der Waals surface area contributed by atoms with Crippen LogP contribution in [0, 0.1) is 0 Å². The Morgan fingerprint density at radius 2 is 1.26 bits per heavy atom. The Bertz CT molecular complexity index is 442. The zero-order valence-corrected chi connectivity index (χ0v) is 12.4. The molecule has 13 heteroatoms. The van der Waals surface area contributed by atoms with Crippen LogP contribution in [-0.2, 0) is 4.74 Å². The highest BCUT2D eigenvalue weighted by molar-refractivity contribution is 6.33. The molecular weight excluding hydrogens is 397 g/mol. The van der Waals surface area contributed by atoms with E-state index in [1.54, 1.807) is 0 Å². The number of ether oxygens (including phenoxy) is 1. The lowest BCUT2D eigenvalue weighted by Gasteiger charge is -2.45. The second-order valence-electron chi connectivity index (χ2n) is 4.24. The van der Waals surface area contributed by atoms with Crippen LogP contribution in [-0.4, -0.2) is 41.2 Å². The fraction of sp³-hybridized carbons (Fsp3) is 0.800. The van der Waals surface area contributed by atoms with Gasteiger partial charge in [0.25, 0.3) is 0 Å². The third-order valence-corrected chi connectivity index (χ3v) is 3.72. The SMILES string of the molecule is C=CCC(OC)(C(F)(F)F)C(F)(F)C(F)(F)C(F)(Cl)C(F)(F)Cl. The van der Waals surface area contributed by atoms with E-state index in [0.29, 0.717) is 0 Å². The summed E-state index contributed by atoms with van der Waals surface area (Å²) in [6.45, 7) is 2.65. The van der Waals surface area contributed by atoms with E-state index < -0.39 is 40.6 Å². The maximum absolute atomic E-state index is 13.9. The molecule has 0 heterocycles. The highest BCUT2D eigenvalue weighted by Crippen LogP contribution is 2.61. The van der Waals surface area contributed by atoms with Gasteiger partial charge in [-0.1, -0.05) is 17.7 Å². The Hall–Kier alpha value is -0.420. The van der Waals surface area contributed by atoms with Gasteiger partial charge in [0.05, 0.1) is 0 Å². The molecule has 0 aliphatic heterocycles. The van der Waals surface area contributed by atoms with Gasteiger partial charge in [-0.3, -0.25) is 0 Å². The summed E-state index contributed by atoms with van der Waals surface area (Å²) in [7, 11) is -0.0477. The smallest absolute Gasteiger partial charge is 0.363 e. The summed E-state index contributed by atoms with van der Waals surface area (Å²) in [6.07, 6.45) is -8.15. The van der Waals surface area contributed by atoms with Crippen LogP contribution in [0.3, 0.4) is 0 Å². The van der Waals surface area contributed by atoms with Crippen molar-refractivity contribution in [2.45, 2.75) is 40.6 Å². The summed E-state index contributed by atoms with van der Waals surface area (Å²) < 4.78 is 136. The van der Waals surface area contributed by atoms with Gasteiger partial charge in [0.2, 0.25) is 5.60 Å². The Morgan fingerprint density at radius 1 is 0.870 bits per heavy atom. The molecule has 0 aliphatic carbocycles. The molecule has 0 aliphatic rings. The molecule has 2 unspecified atom stereocenters. The molecule has 0 bridgehead atoms. The van der Waals surface area contributed by atoms with Crippen LogP contribution in [0.5, 0.6) is 0 Å². The molecule has 1 nitrogen and oxygen atoms in total. The second-order valence-corrected chi connectivity index (χ2v) is 5.24. The summed E-state index contributed by atoms with van der Waals surface area (Å²) in [5.74, 6) is -13.4. The van der Waals surface area contributed by atoms with Crippen molar-refractivity contribution in [2.24, 2.45) is 0 Å². The molecule has 0 spiro atoms. The van der Waals surface area contributed by atoms with Crippen molar-refractivity contribution in [3.05, 3.63) is 12.7 Å². The van der Waals surface area contributed by atoms with Gasteiger partial charge in [-0.05, 0) is 11.6 Å². The Kier molecular flexibility index (Phi) is 6.03. The lowest BCUT2D eigenvalue weighted by molar-refractivity contribution is -0.398. The van der Waals surface area contributed by atoms with Gasteiger partial charge < -0.3 is 4.74 Å². The first kappa shape index (κ1) is 22.6. The van der Waals surface area contributed by atoms with E-state index in [2.05, 4.69) is 34.5 Å². The fourth-order valence-corrected chi connectivity index (χ4v) is 1.82. The predicted octanol–water partition coefficient (Wildman–Crippen LogP) is 5.52. The van der Waals surface area contributed by atoms with Crippen molar-refractivity contribution in [1.29, 1.82) is 0 Å². The molecule has 0 saturated heterocycles. The third kappa shape index (κ3) is 3.11. The van der Waals surface area contributed by atoms with Crippen molar-refractivity contribution < 1.29 is 48.6 Å². The molecule has 0 fully saturated rings. The number of methoxy groups -OCH3 is 1. The largest absolute Gasteiger partial charge is 0.424 e. The van der Waals surface area contributed by atoms with E-state index in [-0.39, 0.29) is 13.2 Å². The topological polar surface area (TPSA) is 9.23 Å². The zero-order valence-electron chi connectivity index (χ0n) is 10.9. The first-order valence-electron chi connectivity index (χ1n) is 5.30. The lowest BCUT2D eigenvalue weighted by Crippen LogP contribution is -2.72. The van der Waals surface area contributed by atoms with E-state index >= 15 is 0 Å². The first-order valence-corrected chi connectivity index (χ1v) is 6.06. The molecule has 0 rings (SSSR count). The maximum Gasteiger partial charge on any atom is 0.424 e. The summed E-state index contributed by atoms with van der Waals surface area (Å²) in [6, 6.07) is 0. The van der Waals surface area contributed by atoms with E-state index in [0.717, 1.165) is 0 Å². The summed E-state index contributed by atoms with van der Waals surface area (Å²) >= 11 is 7.98. The maximum atomic E-state index is 13.9. The van der Waals surface area contributed by atoms with Crippen molar-refractivity contribution in [3.63, 3.8) is 0 Å². The van der Waals surface area contributed by atoms with E-state index in [1.165, 1.54) is 0 Å². The van der Waals surface area contributed by atoms with Crippen LogP contribution < -0.4 is 0 Å². The molecule has 0 radical (unpaired) electrons. The fourth-order valence-electron chi connectivity index (χ4n) is 1.58. The molecule has 23 heavy (non-hydrogen) atoms. The minimum Gasteiger partial charge on any atom is -0.363 e. The third-order valence-electron chi connectivity index (χ3n) is 2.89. The average Bonchev–Trinajstić information content (AvgIpc) is 2.32. The van der Waals surface area contributed by atoms with Gasteiger partial charge in [0, 0.05) is 13.5 Å². The van der Waals surface area contributed by atoms with Crippen LogP contribution >= 0.6 is 23.2 Å². The molecule has 0 saturated carbocycles. The number of hydrogen-bond donors (Lipinski definition) is 0. The van der Waals surface area contributed by atoms with E-state index in [9.17, 15) is 43.9 Å². The summed E-state index contributed by atoms with van der Waals surface area (Å²) in [4.78, 5) is 0. The standard InChI is InChI=1S/C10H8Cl2F10O/c1-3-4-5(23-2,10(20,21)22)7(14,15)8(16,17)6(11,13)9(12,18)19/h3H,1,4H2,2H3. The van der Waals surface area contributed by atoms with E-state index in [1.807, 2.05) is 0 Å². The molecule has 0 aromatic heterocycles. The van der Waals surface area contributed by atoms with Crippen molar-refractivity contribution in [3.8, 4) is 0 Å². The molecule has 0 aromatic rings. The molecule has 138 valence electrons. The number of alkyl halides is 12. The van der Waals surface area contributed by atoms with Crippen LogP contribution in [0.15, 0.2) is 12.7 Å². The van der Waals surface area contributed by atoms with Gasteiger partial charge in [0.15, 0.2) is 0 Å². The number of hydrogen-bond acceptors (Lipinski definition) is 1. The van der Waals surface area contributed by atoms with Gasteiger partial charge in [-0.2, -0.15) is 39.5 Å². The molecule has 0 amide bonds. The van der Waals surface area contributed by atoms with Gasteiger partial charge >= 0.3 is 28.5 Å². The minimum absolute atomic E-state index is 0.0477. The van der Waals surface area contributed by atoms with Crippen LogP contribution in [0.2, 0.25) is 0 Å². The molecule has 0 N–H and O–H groups in total. The highest BCUT2D eigenvalue weighted by atomic mass is 35.5. The summed E-state index contributed by atoms with van der Waals surface area (Å²) in [5, 5.41) is -11.9. The lowest BCUT2D eigenvalue weighted by atomic mass is 9.84. The zero-order chi connectivity index (χ0) is 19.1. The quantitative estimate of drug-likeness (QED) is 0.308. The van der Waals surface area contributed by atoms with Crippen LogP contribution in [0.4, 0.5) is 43.9 Å². The monoisotopic (exact) mass is 404 g/mol. The average molecular weight is 405 g/mol. The van der Waals surface area contributed by atoms with Crippen LogP contribution in [0.1, 0.15) is 6.42 Å². The normalized spacial score (nSPS) is 19.9. The van der Waals surface area contributed by atoms with Crippen molar-refractivity contribution in [2.75, 3.05) is 7.11 Å². The highest BCUT2D eigenvalue weighted by Gasteiger charge is 2.87. The molecular formula is C10H8Cl2F10O. The number of halogens is 12. The Balaban J connectivity index is 6.54. The Labute approximate surface area is 133 Å². The van der Waals surface area contributed by atoms with Gasteiger partial charge in [-0.25, -0.2) is 4.39 Å². The van der Waals surface area contributed by atoms with Gasteiger partial charge in [-0.15, -0.1) is 6.58 Å². The predicted molar refractivity (Wildman–Crippen MR) is 61.0 cm³/mol. The van der Waals surface area contributed by atoms with Crippen LogP contribution in [0.25, 0.3) is 0 Å². The summed E-state index contributed by atoms with van der Waals surface area (Å²) in [5.41, 5.74) is -5.08. The van der Waals surface area contributed by atoms with Gasteiger partial charge in [0.1, 0.15) is 0 Å².